The van der Waals surface area contributed by atoms with Gasteiger partial charge in [-0.05, 0) is 60.2 Å². The molecule has 1 aliphatic heterocycles. The Bertz CT molecular complexity index is 1150. The summed E-state index contributed by atoms with van der Waals surface area (Å²) in [7, 11) is 3.20. The number of hydrogen-bond acceptors (Lipinski definition) is 4. The van der Waals surface area contributed by atoms with Crippen LogP contribution in [0.25, 0.3) is 6.08 Å². The van der Waals surface area contributed by atoms with E-state index in [1.807, 2.05) is 48.5 Å². The lowest BCUT2D eigenvalue weighted by Crippen LogP contribution is -2.32. The molecule has 1 heterocycles. The molecule has 0 fully saturated rings. The molecule has 1 aliphatic rings. The molecule has 30 heavy (non-hydrogen) atoms. The van der Waals surface area contributed by atoms with Crippen LogP contribution in [0.5, 0.6) is 11.5 Å². The number of amidine groups is 1. The molecule has 0 spiro atoms. The van der Waals surface area contributed by atoms with Crippen molar-refractivity contribution in [2.24, 2.45) is 4.99 Å². The first-order valence-electron chi connectivity index (χ1n) is 9.28. The largest absolute Gasteiger partial charge is 0.497 e. The van der Waals surface area contributed by atoms with Crippen molar-refractivity contribution in [3.63, 3.8) is 0 Å². The number of para-hydroxylation sites is 1. The molecule has 0 aliphatic carbocycles. The summed E-state index contributed by atoms with van der Waals surface area (Å²) >= 11 is 6.04. The minimum atomic E-state index is -0.235. The first kappa shape index (κ1) is 19.7. The fourth-order valence-corrected chi connectivity index (χ4v) is 3.37. The van der Waals surface area contributed by atoms with Crippen LogP contribution in [0.4, 0.5) is 5.69 Å². The Labute approximate surface area is 179 Å². The van der Waals surface area contributed by atoms with Crippen molar-refractivity contribution in [3.05, 3.63) is 94.6 Å². The van der Waals surface area contributed by atoms with Crippen molar-refractivity contribution >= 4 is 35.1 Å². The van der Waals surface area contributed by atoms with Crippen LogP contribution < -0.4 is 14.4 Å². The van der Waals surface area contributed by atoms with E-state index in [9.17, 15) is 4.79 Å². The van der Waals surface area contributed by atoms with Crippen molar-refractivity contribution < 1.29 is 14.3 Å². The number of hydrogen-bond donors (Lipinski definition) is 0. The highest BCUT2D eigenvalue weighted by Crippen LogP contribution is 2.32. The van der Waals surface area contributed by atoms with Gasteiger partial charge in [0.25, 0.3) is 5.91 Å². The van der Waals surface area contributed by atoms with Gasteiger partial charge in [-0.3, -0.25) is 9.69 Å². The van der Waals surface area contributed by atoms with Crippen molar-refractivity contribution in [2.75, 3.05) is 19.1 Å². The Balaban J connectivity index is 1.85. The minimum absolute atomic E-state index is 0.235. The average molecular weight is 419 g/mol. The summed E-state index contributed by atoms with van der Waals surface area (Å²) in [6.07, 6.45) is 1.75. The van der Waals surface area contributed by atoms with Gasteiger partial charge in [0, 0.05) is 5.02 Å². The van der Waals surface area contributed by atoms with Crippen LogP contribution >= 0.6 is 11.6 Å². The number of methoxy groups -OCH3 is 2. The van der Waals surface area contributed by atoms with Crippen LogP contribution in [-0.2, 0) is 4.79 Å². The number of rotatable bonds is 5. The fraction of sp³-hybridized carbons (Fsp3) is 0.0833. The second-order valence-electron chi connectivity index (χ2n) is 6.56. The Morgan fingerprint density at radius 1 is 0.933 bits per heavy atom. The number of benzene rings is 3. The molecule has 5 nitrogen and oxygen atoms in total. The molecule has 6 heteroatoms. The molecule has 3 aromatic rings. The van der Waals surface area contributed by atoms with Gasteiger partial charge < -0.3 is 9.47 Å². The highest BCUT2D eigenvalue weighted by Gasteiger charge is 2.33. The number of carbonyl (C=O) groups excluding carboxylic acids is 1. The van der Waals surface area contributed by atoms with E-state index in [0.717, 1.165) is 11.1 Å². The van der Waals surface area contributed by atoms with Crippen molar-refractivity contribution in [2.45, 2.75) is 0 Å². The van der Waals surface area contributed by atoms with E-state index in [1.54, 1.807) is 49.5 Å². The molecule has 3 aromatic carbocycles. The number of amides is 1. The maximum Gasteiger partial charge on any atom is 0.282 e. The van der Waals surface area contributed by atoms with Crippen molar-refractivity contribution in [1.82, 2.24) is 0 Å². The quantitative estimate of drug-likeness (QED) is 0.535. The first-order chi connectivity index (χ1) is 14.6. The summed E-state index contributed by atoms with van der Waals surface area (Å²) in [6.45, 7) is 0. The SMILES string of the molecule is COc1cccc(/C=C2/N=C(c3ccccc3OC)N(c3ccc(Cl)cc3)C2=O)c1. The van der Waals surface area contributed by atoms with Gasteiger partial charge in [-0.25, -0.2) is 4.99 Å². The summed E-state index contributed by atoms with van der Waals surface area (Å²) in [5.74, 6) is 1.60. The number of carbonyl (C=O) groups is 1. The topological polar surface area (TPSA) is 51.1 Å². The Morgan fingerprint density at radius 3 is 2.43 bits per heavy atom. The molecule has 0 atom stereocenters. The van der Waals surface area contributed by atoms with E-state index in [2.05, 4.69) is 4.99 Å². The lowest BCUT2D eigenvalue weighted by Gasteiger charge is -2.20. The molecule has 0 aromatic heterocycles. The van der Waals surface area contributed by atoms with Crippen molar-refractivity contribution in [1.29, 1.82) is 0 Å². The van der Waals surface area contributed by atoms with E-state index in [4.69, 9.17) is 21.1 Å². The number of ether oxygens (including phenoxy) is 2. The minimum Gasteiger partial charge on any atom is -0.497 e. The summed E-state index contributed by atoms with van der Waals surface area (Å²) in [5.41, 5.74) is 2.53. The maximum atomic E-state index is 13.4. The number of anilines is 1. The number of halogens is 1. The highest BCUT2D eigenvalue weighted by atomic mass is 35.5. The predicted octanol–water partition coefficient (Wildman–Crippen LogP) is 5.19. The van der Waals surface area contributed by atoms with E-state index in [1.165, 1.54) is 0 Å². The third kappa shape index (κ3) is 3.80. The summed E-state index contributed by atoms with van der Waals surface area (Å²) in [5, 5.41) is 0.591. The molecular formula is C24H19ClN2O3. The molecule has 0 saturated carbocycles. The van der Waals surface area contributed by atoms with Crippen LogP contribution in [0.15, 0.2) is 83.5 Å². The van der Waals surface area contributed by atoms with Gasteiger partial charge >= 0.3 is 0 Å². The fourth-order valence-electron chi connectivity index (χ4n) is 3.25. The standard InChI is InChI=1S/C24H19ClN2O3/c1-29-19-7-5-6-16(14-19)15-21-24(28)27(18-12-10-17(25)11-13-18)23(26-21)20-8-3-4-9-22(20)30-2/h3-15H,1-2H3/b21-15+. The smallest absolute Gasteiger partial charge is 0.282 e. The van der Waals surface area contributed by atoms with Crippen LogP contribution in [-0.4, -0.2) is 26.0 Å². The van der Waals surface area contributed by atoms with Gasteiger partial charge in [0.15, 0.2) is 5.84 Å². The second kappa shape index (κ2) is 8.43. The van der Waals surface area contributed by atoms with E-state index in [-0.39, 0.29) is 5.91 Å². The zero-order chi connectivity index (χ0) is 21.1. The van der Waals surface area contributed by atoms with Gasteiger partial charge in [0.2, 0.25) is 0 Å². The van der Waals surface area contributed by atoms with Gasteiger partial charge in [-0.2, -0.15) is 0 Å². The van der Waals surface area contributed by atoms with E-state index in [0.29, 0.717) is 33.7 Å². The van der Waals surface area contributed by atoms with Crippen LogP contribution in [0.2, 0.25) is 5.02 Å². The van der Waals surface area contributed by atoms with Gasteiger partial charge in [-0.15, -0.1) is 0 Å². The lowest BCUT2D eigenvalue weighted by atomic mass is 10.1. The van der Waals surface area contributed by atoms with Crippen LogP contribution in [0, 0.1) is 0 Å². The molecular weight excluding hydrogens is 400 g/mol. The van der Waals surface area contributed by atoms with E-state index >= 15 is 0 Å². The van der Waals surface area contributed by atoms with Crippen LogP contribution in [0.3, 0.4) is 0 Å². The molecule has 0 saturated heterocycles. The summed E-state index contributed by atoms with van der Waals surface area (Å²) in [4.78, 5) is 19.6. The van der Waals surface area contributed by atoms with Crippen molar-refractivity contribution in [3.8, 4) is 11.5 Å². The van der Waals surface area contributed by atoms with Gasteiger partial charge in [0.1, 0.15) is 17.2 Å². The van der Waals surface area contributed by atoms with Crippen LogP contribution in [0.1, 0.15) is 11.1 Å². The Hall–Kier alpha value is -3.57. The molecule has 150 valence electrons. The molecule has 1 amide bonds. The zero-order valence-electron chi connectivity index (χ0n) is 16.5. The molecule has 0 N–H and O–H groups in total. The maximum absolute atomic E-state index is 13.4. The Kier molecular flexibility index (Phi) is 5.55. The predicted molar refractivity (Wildman–Crippen MR) is 119 cm³/mol. The highest BCUT2D eigenvalue weighted by molar-refractivity contribution is 6.34. The molecule has 0 radical (unpaired) electrons. The third-order valence-corrected chi connectivity index (χ3v) is 4.94. The normalized spacial score (nSPS) is 14.8. The van der Waals surface area contributed by atoms with Gasteiger partial charge in [0.05, 0.1) is 25.5 Å². The monoisotopic (exact) mass is 418 g/mol. The average Bonchev–Trinajstić information content (AvgIpc) is 3.10. The van der Waals surface area contributed by atoms with Gasteiger partial charge in [-0.1, -0.05) is 35.9 Å². The molecule has 4 rings (SSSR count). The summed E-state index contributed by atoms with van der Waals surface area (Å²) < 4.78 is 10.8. The lowest BCUT2D eigenvalue weighted by molar-refractivity contribution is -0.113. The first-order valence-corrected chi connectivity index (χ1v) is 9.66. The Morgan fingerprint density at radius 2 is 1.70 bits per heavy atom. The third-order valence-electron chi connectivity index (χ3n) is 4.69. The molecule has 0 bridgehead atoms. The molecule has 0 unspecified atom stereocenters. The number of nitrogens with zero attached hydrogens (tertiary/aromatic N) is 2. The summed E-state index contributed by atoms with van der Waals surface area (Å²) in [6, 6.07) is 22.0. The van der Waals surface area contributed by atoms with E-state index < -0.39 is 0 Å². The zero-order valence-corrected chi connectivity index (χ0v) is 17.3. The number of aliphatic imine (C=N–C) groups is 1. The second-order valence-corrected chi connectivity index (χ2v) is 7.00.